The van der Waals surface area contributed by atoms with E-state index in [0.717, 1.165) is 6.07 Å². The van der Waals surface area contributed by atoms with Crippen LogP contribution in [0.15, 0.2) is 17.5 Å². The molecule has 0 bridgehead atoms. The average Bonchev–Trinajstić information content (AvgIpc) is 2.37. The van der Waals surface area contributed by atoms with E-state index in [1.54, 1.807) is 0 Å². The van der Waals surface area contributed by atoms with Crippen molar-refractivity contribution in [2.45, 2.75) is 5.92 Å². The summed E-state index contributed by atoms with van der Waals surface area (Å²) in [5.41, 5.74) is 0. The molecule has 0 spiro atoms. The van der Waals surface area contributed by atoms with E-state index in [1.807, 2.05) is 0 Å². The van der Waals surface area contributed by atoms with Gasteiger partial charge in [-0.05, 0) is 11.4 Å². The van der Waals surface area contributed by atoms with Gasteiger partial charge in [0.1, 0.15) is 0 Å². The topological polar surface area (TPSA) is 17.1 Å². The van der Waals surface area contributed by atoms with Crippen LogP contribution in [-0.2, 0) is 10.7 Å². The maximum Gasteiger partial charge on any atom is 0.376 e. The summed E-state index contributed by atoms with van der Waals surface area (Å²) in [5, 5.41) is 1.35. The number of hydrogen-bond acceptors (Lipinski definition) is 2. The smallest absolute Gasteiger partial charge is 0.254 e. The van der Waals surface area contributed by atoms with Gasteiger partial charge in [0.25, 0.3) is 0 Å². The molecule has 60 valence electrons. The summed E-state index contributed by atoms with van der Waals surface area (Å²) in [7, 11) is 0. The van der Waals surface area contributed by atoms with Crippen LogP contribution in [0, 0.1) is 0 Å². The number of halogens is 3. The van der Waals surface area contributed by atoms with E-state index in [9.17, 15) is 18.0 Å². The van der Waals surface area contributed by atoms with Crippen LogP contribution >= 0.6 is 11.3 Å². The molecule has 0 amide bonds. The third kappa shape index (κ3) is 1.42. The number of carbonyl (C=O) groups is 1. The Hall–Kier alpha value is -0.840. The highest BCUT2D eigenvalue weighted by Crippen LogP contribution is 2.32. The fraction of sp³-hybridized carbons (Fsp3) is 0.167. The lowest BCUT2D eigenvalue weighted by molar-refractivity contribution is -0.156. The molecule has 11 heavy (non-hydrogen) atoms. The molecule has 5 heteroatoms. The fourth-order valence-corrected chi connectivity index (χ4v) is 1.24. The Balaban J connectivity index is 3.00. The molecule has 0 atom stereocenters. The zero-order chi connectivity index (χ0) is 8.48. The number of alkyl halides is 2. The van der Waals surface area contributed by atoms with Gasteiger partial charge < -0.3 is 0 Å². The standard InChI is InChI=1S/C6H3F3OS/c7-5(10)6(8,9)4-2-1-3-11-4/h1-3H. The zero-order valence-corrected chi connectivity index (χ0v) is 6.00. The predicted octanol–water partition coefficient (Wildman–Crippen LogP) is 2.34. The van der Waals surface area contributed by atoms with Crippen LogP contribution in [0.3, 0.4) is 0 Å². The molecule has 0 aliphatic rings. The highest BCUT2D eigenvalue weighted by atomic mass is 32.1. The van der Waals surface area contributed by atoms with Crippen LogP contribution in [-0.4, -0.2) is 6.04 Å². The lowest BCUT2D eigenvalue weighted by Gasteiger charge is -2.05. The van der Waals surface area contributed by atoms with Gasteiger partial charge in [0, 0.05) is 0 Å². The fourth-order valence-electron chi connectivity index (χ4n) is 0.554. The quantitative estimate of drug-likeness (QED) is 0.638. The molecule has 0 unspecified atom stereocenters. The molecule has 1 rings (SSSR count). The molecule has 0 aliphatic heterocycles. The van der Waals surface area contributed by atoms with E-state index < -0.39 is 16.8 Å². The summed E-state index contributed by atoms with van der Waals surface area (Å²) in [6, 6.07) is -0.265. The highest BCUT2D eigenvalue weighted by Gasteiger charge is 2.42. The Kier molecular flexibility index (Phi) is 1.99. The van der Waals surface area contributed by atoms with Gasteiger partial charge in [-0.15, -0.1) is 11.3 Å². The van der Waals surface area contributed by atoms with Crippen LogP contribution in [0.5, 0.6) is 0 Å². The minimum absolute atomic E-state index is 0.565. The van der Waals surface area contributed by atoms with Crippen molar-refractivity contribution < 1.29 is 18.0 Å². The Bertz CT molecular complexity index is 255. The molecule has 1 aromatic rings. The second-order valence-electron chi connectivity index (χ2n) is 1.83. The molecular weight excluding hydrogens is 177 g/mol. The van der Waals surface area contributed by atoms with Crippen molar-refractivity contribution in [3.8, 4) is 0 Å². The van der Waals surface area contributed by atoms with E-state index in [-0.39, 0.29) is 0 Å². The van der Waals surface area contributed by atoms with Crippen molar-refractivity contribution in [1.29, 1.82) is 0 Å². The number of hydrogen-bond donors (Lipinski definition) is 0. The molecule has 0 fully saturated rings. The van der Waals surface area contributed by atoms with Crippen molar-refractivity contribution in [3.05, 3.63) is 22.4 Å². The van der Waals surface area contributed by atoms with Crippen LogP contribution in [0.2, 0.25) is 0 Å². The van der Waals surface area contributed by atoms with E-state index in [1.165, 1.54) is 11.4 Å². The number of thiophene rings is 1. The summed E-state index contributed by atoms with van der Waals surface area (Å²) in [5.74, 6) is -3.96. The summed E-state index contributed by atoms with van der Waals surface area (Å²) in [6.45, 7) is 0. The average molecular weight is 180 g/mol. The first-order valence-electron chi connectivity index (χ1n) is 2.67. The van der Waals surface area contributed by atoms with Gasteiger partial charge in [-0.3, -0.25) is 4.79 Å². The minimum Gasteiger partial charge on any atom is -0.254 e. The van der Waals surface area contributed by atoms with Gasteiger partial charge in [0.05, 0.1) is 4.88 Å². The van der Waals surface area contributed by atoms with Gasteiger partial charge >= 0.3 is 12.0 Å². The zero-order valence-electron chi connectivity index (χ0n) is 5.18. The lowest BCUT2D eigenvalue weighted by Crippen LogP contribution is -2.20. The van der Waals surface area contributed by atoms with Crippen LogP contribution in [0.4, 0.5) is 13.2 Å². The highest BCUT2D eigenvalue weighted by molar-refractivity contribution is 7.10. The molecule has 0 N–H and O–H groups in total. The van der Waals surface area contributed by atoms with Crippen LogP contribution in [0.25, 0.3) is 0 Å². The monoisotopic (exact) mass is 180 g/mol. The maximum absolute atomic E-state index is 12.4. The summed E-state index contributed by atoms with van der Waals surface area (Å²) in [6.07, 6.45) is 0. The largest absolute Gasteiger partial charge is 0.376 e. The Morgan fingerprint density at radius 3 is 2.55 bits per heavy atom. The third-order valence-corrected chi connectivity index (χ3v) is 2.02. The van der Waals surface area contributed by atoms with Gasteiger partial charge in [0.15, 0.2) is 0 Å². The van der Waals surface area contributed by atoms with Crippen LogP contribution < -0.4 is 0 Å². The Morgan fingerprint density at radius 2 is 2.18 bits per heavy atom. The SMILES string of the molecule is O=C(F)C(F)(F)c1cccs1. The molecule has 0 aromatic carbocycles. The Labute approximate surface area is 64.5 Å². The van der Waals surface area contributed by atoms with Crippen molar-refractivity contribution in [2.24, 2.45) is 0 Å². The predicted molar refractivity (Wildman–Crippen MR) is 34.3 cm³/mol. The van der Waals surface area contributed by atoms with E-state index in [2.05, 4.69) is 0 Å². The summed E-state index contributed by atoms with van der Waals surface area (Å²) >= 11 is 0.647. The van der Waals surface area contributed by atoms with Gasteiger partial charge in [-0.2, -0.15) is 13.2 Å². The van der Waals surface area contributed by atoms with Crippen molar-refractivity contribution in [1.82, 2.24) is 0 Å². The minimum atomic E-state index is -3.96. The molecule has 0 saturated carbocycles. The molecular formula is C6H3F3OS. The first kappa shape index (κ1) is 8.26. The summed E-state index contributed by atoms with van der Waals surface area (Å²) in [4.78, 5) is 9.19. The van der Waals surface area contributed by atoms with Gasteiger partial charge in [0.2, 0.25) is 0 Å². The molecule has 1 aromatic heterocycles. The van der Waals surface area contributed by atoms with Crippen molar-refractivity contribution in [2.75, 3.05) is 0 Å². The first-order valence-corrected chi connectivity index (χ1v) is 3.55. The second kappa shape index (κ2) is 2.65. The van der Waals surface area contributed by atoms with Gasteiger partial charge in [-0.25, -0.2) is 0 Å². The van der Waals surface area contributed by atoms with E-state index in [0.29, 0.717) is 11.3 Å². The lowest BCUT2D eigenvalue weighted by atomic mass is 10.3. The first-order chi connectivity index (χ1) is 5.05. The second-order valence-corrected chi connectivity index (χ2v) is 2.77. The van der Waals surface area contributed by atoms with E-state index in [4.69, 9.17) is 0 Å². The van der Waals surface area contributed by atoms with Crippen molar-refractivity contribution in [3.63, 3.8) is 0 Å². The summed E-state index contributed by atoms with van der Waals surface area (Å²) < 4.78 is 36.5. The number of carbonyl (C=O) groups excluding carboxylic acids is 1. The normalized spacial score (nSPS) is 11.5. The molecule has 0 aliphatic carbocycles. The maximum atomic E-state index is 12.4. The molecule has 0 saturated heterocycles. The number of rotatable bonds is 2. The van der Waals surface area contributed by atoms with Gasteiger partial charge in [-0.1, -0.05) is 6.07 Å². The van der Waals surface area contributed by atoms with E-state index >= 15 is 0 Å². The van der Waals surface area contributed by atoms with Crippen LogP contribution in [0.1, 0.15) is 4.88 Å². The molecule has 0 radical (unpaired) electrons. The molecule has 1 heterocycles. The van der Waals surface area contributed by atoms with Crippen molar-refractivity contribution >= 4 is 17.4 Å². The third-order valence-electron chi connectivity index (χ3n) is 1.08. The molecule has 1 nitrogen and oxygen atoms in total. The Morgan fingerprint density at radius 1 is 1.55 bits per heavy atom.